The molecule has 170 valence electrons. The summed E-state index contributed by atoms with van der Waals surface area (Å²) in [4.78, 5) is 18.7. The van der Waals surface area contributed by atoms with E-state index in [2.05, 4.69) is 27.8 Å². The molecule has 0 saturated carbocycles. The number of carbonyl (C=O) groups excluding carboxylic acids is 1. The molecule has 0 radical (unpaired) electrons. The summed E-state index contributed by atoms with van der Waals surface area (Å²) < 4.78 is 12.8. The van der Waals surface area contributed by atoms with Crippen LogP contribution in [0.4, 0.5) is 4.79 Å². The highest BCUT2D eigenvalue weighted by Crippen LogP contribution is 2.31. The molecule has 1 N–H and O–H groups in total. The molecule has 3 aromatic rings. The molecular formula is C25H31N3O4. The first-order valence-electron chi connectivity index (χ1n) is 11.0. The Balaban J connectivity index is 1.44. The third kappa shape index (κ3) is 4.82. The van der Waals surface area contributed by atoms with Gasteiger partial charge in [0.05, 0.1) is 24.5 Å². The molecule has 32 heavy (non-hydrogen) atoms. The van der Waals surface area contributed by atoms with Gasteiger partial charge in [0.1, 0.15) is 5.60 Å². The van der Waals surface area contributed by atoms with E-state index in [0.717, 1.165) is 29.4 Å². The molecule has 0 spiro atoms. The SMILES string of the molecule is COc1cc(Cn2cnc3cc(C4CCN(C(=O)OC(C)(C)C)CC4)ccc32)ccc1O. The first kappa shape index (κ1) is 22.0. The van der Waals surface area contributed by atoms with Crippen molar-refractivity contribution in [1.29, 1.82) is 0 Å². The molecule has 0 unspecified atom stereocenters. The Kier molecular flexibility index (Phi) is 6.00. The molecule has 0 atom stereocenters. The highest BCUT2D eigenvalue weighted by molar-refractivity contribution is 5.76. The van der Waals surface area contributed by atoms with Crippen molar-refractivity contribution >= 4 is 17.1 Å². The number of rotatable bonds is 4. The lowest BCUT2D eigenvalue weighted by molar-refractivity contribution is 0.0205. The maximum Gasteiger partial charge on any atom is 0.410 e. The van der Waals surface area contributed by atoms with E-state index in [1.54, 1.807) is 18.1 Å². The predicted octanol–water partition coefficient (Wildman–Crippen LogP) is 4.91. The Bertz CT molecular complexity index is 1110. The Morgan fingerprint density at radius 3 is 2.59 bits per heavy atom. The van der Waals surface area contributed by atoms with Crippen molar-refractivity contribution in [3.05, 3.63) is 53.9 Å². The highest BCUT2D eigenvalue weighted by Gasteiger charge is 2.27. The Hall–Kier alpha value is -3.22. The first-order valence-corrected chi connectivity index (χ1v) is 11.0. The van der Waals surface area contributed by atoms with Crippen LogP contribution in [0.25, 0.3) is 11.0 Å². The second kappa shape index (κ2) is 8.73. The van der Waals surface area contributed by atoms with E-state index in [0.29, 0.717) is 31.3 Å². The van der Waals surface area contributed by atoms with E-state index < -0.39 is 5.60 Å². The number of likely N-dealkylation sites (tertiary alicyclic amines) is 1. The molecule has 7 nitrogen and oxygen atoms in total. The summed E-state index contributed by atoms with van der Waals surface area (Å²) in [6.45, 7) is 7.72. The quantitative estimate of drug-likeness (QED) is 0.627. The van der Waals surface area contributed by atoms with Crippen molar-refractivity contribution in [1.82, 2.24) is 14.5 Å². The highest BCUT2D eigenvalue weighted by atomic mass is 16.6. The predicted molar refractivity (Wildman–Crippen MR) is 123 cm³/mol. The minimum absolute atomic E-state index is 0.133. The summed E-state index contributed by atoms with van der Waals surface area (Å²) in [6, 6.07) is 11.8. The fourth-order valence-electron chi connectivity index (χ4n) is 4.20. The van der Waals surface area contributed by atoms with Gasteiger partial charge in [-0.1, -0.05) is 12.1 Å². The van der Waals surface area contributed by atoms with E-state index in [4.69, 9.17) is 9.47 Å². The molecule has 2 aromatic carbocycles. The molecule has 1 saturated heterocycles. The second-order valence-electron chi connectivity index (χ2n) is 9.37. The number of amides is 1. The van der Waals surface area contributed by atoms with Gasteiger partial charge in [0.25, 0.3) is 0 Å². The molecule has 1 aliphatic heterocycles. The summed E-state index contributed by atoms with van der Waals surface area (Å²) in [6.07, 6.45) is 3.45. The summed E-state index contributed by atoms with van der Waals surface area (Å²) in [5.41, 5.74) is 3.84. The lowest BCUT2D eigenvalue weighted by atomic mass is 9.89. The number of phenols is 1. The molecular weight excluding hydrogens is 406 g/mol. The van der Waals surface area contributed by atoms with Gasteiger partial charge in [-0.3, -0.25) is 0 Å². The molecule has 4 rings (SSSR count). The van der Waals surface area contributed by atoms with E-state index in [1.807, 2.05) is 39.2 Å². The first-order chi connectivity index (χ1) is 15.2. The van der Waals surface area contributed by atoms with Crippen LogP contribution in [0.2, 0.25) is 0 Å². The third-order valence-electron chi connectivity index (χ3n) is 5.86. The topological polar surface area (TPSA) is 76.8 Å². The van der Waals surface area contributed by atoms with Crippen LogP contribution in [0.3, 0.4) is 0 Å². The third-order valence-corrected chi connectivity index (χ3v) is 5.86. The summed E-state index contributed by atoms with van der Waals surface area (Å²) in [5.74, 6) is 1.01. The molecule has 1 fully saturated rings. The number of hydrogen-bond donors (Lipinski definition) is 1. The molecule has 1 aromatic heterocycles. The van der Waals surface area contributed by atoms with E-state index in [1.165, 1.54) is 5.56 Å². The zero-order chi connectivity index (χ0) is 22.9. The maximum absolute atomic E-state index is 12.3. The average Bonchev–Trinajstić information content (AvgIpc) is 3.16. The zero-order valence-electron chi connectivity index (χ0n) is 19.2. The van der Waals surface area contributed by atoms with Crippen molar-refractivity contribution in [2.24, 2.45) is 0 Å². The molecule has 0 bridgehead atoms. The number of ether oxygens (including phenoxy) is 2. The number of aromatic hydroxyl groups is 1. The van der Waals surface area contributed by atoms with Crippen LogP contribution in [0, 0.1) is 0 Å². The second-order valence-corrected chi connectivity index (χ2v) is 9.37. The number of phenolic OH excluding ortho intramolecular Hbond substituents is 1. The van der Waals surface area contributed by atoms with Crippen molar-refractivity contribution < 1.29 is 19.4 Å². The summed E-state index contributed by atoms with van der Waals surface area (Å²) in [5, 5.41) is 9.81. The number of methoxy groups -OCH3 is 1. The van der Waals surface area contributed by atoms with Crippen LogP contribution in [-0.2, 0) is 11.3 Å². The molecule has 0 aliphatic carbocycles. The maximum atomic E-state index is 12.3. The lowest BCUT2D eigenvalue weighted by Gasteiger charge is -2.33. The monoisotopic (exact) mass is 437 g/mol. The van der Waals surface area contributed by atoms with Gasteiger partial charge in [-0.25, -0.2) is 9.78 Å². The Morgan fingerprint density at radius 1 is 1.16 bits per heavy atom. The van der Waals surface area contributed by atoms with Gasteiger partial charge in [-0.15, -0.1) is 0 Å². The molecule has 2 heterocycles. The van der Waals surface area contributed by atoms with Gasteiger partial charge in [-0.05, 0) is 74.9 Å². The van der Waals surface area contributed by atoms with E-state index in [9.17, 15) is 9.90 Å². The fourth-order valence-corrected chi connectivity index (χ4v) is 4.20. The number of fused-ring (bicyclic) bond motifs is 1. The smallest absolute Gasteiger partial charge is 0.410 e. The number of nitrogens with zero attached hydrogens (tertiary/aromatic N) is 3. The van der Waals surface area contributed by atoms with Crippen LogP contribution in [-0.4, -0.2) is 51.5 Å². The van der Waals surface area contributed by atoms with Crippen molar-refractivity contribution in [2.45, 2.75) is 51.7 Å². The Morgan fingerprint density at radius 2 is 1.91 bits per heavy atom. The van der Waals surface area contributed by atoms with Gasteiger partial charge in [0.15, 0.2) is 11.5 Å². The number of carbonyl (C=O) groups is 1. The van der Waals surface area contributed by atoms with Gasteiger partial charge >= 0.3 is 6.09 Å². The van der Waals surface area contributed by atoms with Gasteiger partial charge in [-0.2, -0.15) is 0 Å². The van der Waals surface area contributed by atoms with Crippen LogP contribution in [0.15, 0.2) is 42.7 Å². The van der Waals surface area contributed by atoms with Crippen molar-refractivity contribution in [2.75, 3.05) is 20.2 Å². The minimum atomic E-state index is -0.469. The molecule has 1 aliphatic rings. The fraction of sp³-hybridized carbons (Fsp3) is 0.440. The lowest BCUT2D eigenvalue weighted by Crippen LogP contribution is -2.41. The van der Waals surface area contributed by atoms with Gasteiger partial charge in [0, 0.05) is 19.6 Å². The van der Waals surface area contributed by atoms with Crippen LogP contribution >= 0.6 is 0 Å². The molecule has 1 amide bonds. The summed E-state index contributed by atoms with van der Waals surface area (Å²) >= 11 is 0. The van der Waals surface area contributed by atoms with Crippen molar-refractivity contribution in [3.8, 4) is 11.5 Å². The summed E-state index contributed by atoms with van der Waals surface area (Å²) in [7, 11) is 1.55. The van der Waals surface area contributed by atoms with E-state index in [-0.39, 0.29) is 11.8 Å². The standard InChI is InChI=1S/C25H31N3O4/c1-25(2,3)32-24(30)27-11-9-18(10-12-27)19-6-7-21-20(14-19)26-16-28(21)15-17-5-8-22(29)23(13-17)31-4/h5-8,13-14,16,18,29H,9-12,15H2,1-4H3. The van der Waals surface area contributed by atoms with E-state index >= 15 is 0 Å². The van der Waals surface area contributed by atoms with Crippen molar-refractivity contribution in [3.63, 3.8) is 0 Å². The van der Waals surface area contributed by atoms with Crippen LogP contribution < -0.4 is 4.74 Å². The minimum Gasteiger partial charge on any atom is -0.504 e. The van der Waals surface area contributed by atoms with Crippen LogP contribution in [0.5, 0.6) is 11.5 Å². The Labute approximate surface area is 188 Å². The zero-order valence-corrected chi connectivity index (χ0v) is 19.2. The normalized spacial score (nSPS) is 15.2. The van der Waals surface area contributed by atoms with Gasteiger partial charge in [0.2, 0.25) is 0 Å². The van der Waals surface area contributed by atoms with Crippen LogP contribution in [0.1, 0.15) is 50.7 Å². The number of aromatic nitrogens is 2. The number of imidazole rings is 1. The average molecular weight is 438 g/mol. The number of piperidine rings is 1. The van der Waals surface area contributed by atoms with Gasteiger partial charge < -0.3 is 24.0 Å². The molecule has 7 heteroatoms. The number of benzene rings is 2. The number of hydrogen-bond acceptors (Lipinski definition) is 5. The largest absolute Gasteiger partial charge is 0.504 e.